The van der Waals surface area contributed by atoms with Gasteiger partial charge in [-0.25, -0.2) is 9.79 Å². The maximum atomic E-state index is 11.9. The first kappa shape index (κ1) is 14.3. The van der Waals surface area contributed by atoms with Crippen molar-refractivity contribution >= 4 is 52.1 Å². The monoisotopic (exact) mass is 409 g/mol. The molecule has 0 aliphatic carbocycles. The van der Waals surface area contributed by atoms with Crippen LogP contribution in [0.4, 0.5) is 0 Å². The third kappa shape index (κ3) is 3.01. The predicted molar refractivity (Wildman–Crippen MR) is 91.2 cm³/mol. The van der Waals surface area contributed by atoms with Crippen LogP contribution in [0.2, 0.25) is 5.02 Å². The summed E-state index contributed by atoms with van der Waals surface area (Å²) in [5, 5.41) is 0.500. The molecule has 0 N–H and O–H groups in total. The molecule has 0 saturated carbocycles. The van der Waals surface area contributed by atoms with Crippen LogP contribution in [0.3, 0.4) is 0 Å². The summed E-state index contributed by atoms with van der Waals surface area (Å²) >= 11 is 8.30. The van der Waals surface area contributed by atoms with E-state index in [-0.39, 0.29) is 11.6 Å². The van der Waals surface area contributed by atoms with Crippen LogP contribution in [0.15, 0.2) is 59.2 Å². The Bertz CT molecular complexity index is 783. The summed E-state index contributed by atoms with van der Waals surface area (Å²) in [6.07, 6.45) is 1.72. The van der Waals surface area contributed by atoms with Crippen molar-refractivity contribution in [1.29, 1.82) is 0 Å². The molecule has 2 aromatic carbocycles. The number of nitrogens with zero attached hydrogens (tertiary/aromatic N) is 1. The van der Waals surface area contributed by atoms with Gasteiger partial charge in [-0.05, 0) is 52.4 Å². The van der Waals surface area contributed by atoms with Crippen LogP contribution in [0.1, 0.15) is 11.1 Å². The van der Waals surface area contributed by atoms with E-state index in [1.54, 1.807) is 18.2 Å². The Morgan fingerprint density at radius 1 is 1.10 bits per heavy atom. The summed E-state index contributed by atoms with van der Waals surface area (Å²) in [5.41, 5.74) is 1.81. The molecule has 0 unspecified atom stereocenters. The Labute approximate surface area is 140 Å². The van der Waals surface area contributed by atoms with E-state index in [0.29, 0.717) is 10.6 Å². The van der Waals surface area contributed by atoms with Gasteiger partial charge >= 0.3 is 5.97 Å². The third-order valence-corrected chi connectivity index (χ3v) is 4.23. The first-order valence-corrected chi connectivity index (χ1v) is 7.63. The predicted octanol–water partition coefficient (Wildman–Crippen LogP) is 4.29. The lowest BCUT2D eigenvalue weighted by atomic mass is 10.2. The van der Waals surface area contributed by atoms with Gasteiger partial charge in [-0.3, -0.25) is 0 Å². The second kappa shape index (κ2) is 5.99. The van der Waals surface area contributed by atoms with E-state index in [1.165, 1.54) is 0 Å². The molecule has 3 rings (SSSR count). The van der Waals surface area contributed by atoms with E-state index in [1.807, 2.05) is 36.4 Å². The molecule has 0 radical (unpaired) electrons. The molecule has 1 heterocycles. The fourth-order valence-electron chi connectivity index (χ4n) is 1.90. The lowest BCUT2D eigenvalue weighted by molar-refractivity contribution is -0.129. The van der Waals surface area contributed by atoms with Crippen LogP contribution >= 0.6 is 34.2 Å². The molecule has 21 heavy (non-hydrogen) atoms. The molecule has 0 aromatic heterocycles. The molecule has 1 aliphatic rings. The van der Waals surface area contributed by atoms with Crippen molar-refractivity contribution in [3.63, 3.8) is 0 Å². The Kier molecular flexibility index (Phi) is 4.07. The maximum Gasteiger partial charge on any atom is 0.363 e. The topological polar surface area (TPSA) is 38.7 Å². The maximum absolute atomic E-state index is 11.9. The zero-order valence-corrected chi connectivity index (χ0v) is 13.6. The van der Waals surface area contributed by atoms with Gasteiger partial charge < -0.3 is 4.74 Å². The number of hydrogen-bond acceptors (Lipinski definition) is 3. The number of ether oxygens (including phenoxy) is 1. The average molecular weight is 410 g/mol. The standard InChI is InChI=1S/C16H9ClINO2/c17-12-7-3-2-6-11(12)15-19-14(16(20)21-15)9-10-5-1-4-8-13(10)18/h1-9H/b14-9+. The highest BCUT2D eigenvalue weighted by molar-refractivity contribution is 14.1. The lowest BCUT2D eigenvalue weighted by Crippen LogP contribution is -2.05. The third-order valence-electron chi connectivity index (χ3n) is 2.92. The van der Waals surface area contributed by atoms with Crippen molar-refractivity contribution in [1.82, 2.24) is 0 Å². The van der Waals surface area contributed by atoms with Gasteiger partial charge in [0.05, 0.1) is 10.6 Å². The van der Waals surface area contributed by atoms with E-state index >= 15 is 0 Å². The Morgan fingerprint density at radius 2 is 1.81 bits per heavy atom. The highest BCUT2D eigenvalue weighted by Crippen LogP contribution is 2.24. The minimum absolute atomic E-state index is 0.239. The summed E-state index contributed by atoms with van der Waals surface area (Å²) in [7, 11) is 0. The van der Waals surface area contributed by atoms with E-state index < -0.39 is 5.97 Å². The first-order valence-electron chi connectivity index (χ1n) is 6.17. The Morgan fingerprint density at radius 3 is 2.57 bits per heavy atom. The Balaban J connectivity index is 2.00. The van der Waals surface area contributed by atoms with Gasteiger partial charge in [0.15, 0.2) is 5.70 Å². The van der Waals surface area contributed by atoms with Gasteiger partial charge in [0, 0.05) is 3.57 Å². The van der Waals surface area contributed by atoms with Crippen LogP contribution in [0.25, 0.3) is 6.08 Å². The number of halogens is 2. The van der Waals surface area contributed by atoms with Crippen LogP contribution in [0.5, 0.6) is 0 Å². The highest BCUT2D eigenvalue weighted by atomic mass is 127. The van der Waals surface area contributed by atoms with Gasteiger partial charge in [0.1, 0.15) is 0 Å². The van der Waals surface area contributed by atoms with Gasteiger partial charge in [-0.2, -0.15) is 0 Å². The van der Waals surface area contributed by atoms with Crippen molar-refractivity contribution in [2.24, 2.45) is 4.99 Å². The second-order valence-corrected chi connectivity index (χ2v) is 5.91. The SMILES string of the molecule is O=C1OC(c2ccccc2Cl)=N/C1=C/c1ccccc1I. The summed E-state index contributed by atoms with van der Waals surface area (Å²) in [6, 6.07) is 14.9. The van der Waals surface area contributed by atoms with Gasteiger partial charge in [0.2, 0.25) is 5.90 Å². The zero-order chi connectivity index (χ0) is 14.8. The van der Waals surface area contributed by atoms with Gasteiger partial charge in [0.25, 0.3) is 0 Å². The number of rotatable bonds is 2. The van der Waals surface area contributed by atoms with Crippen molar-refractivity contribution in [3.8, 4) is 0 Å². The molecular weight excluding hydrogens is 401 g/mol. The number of aliphatic imine (C=N–C) groups is 1. The number of esters is 1. The second-order valence-electron chi connectivity index (χ2n) is 4.34. The summed E-state index contributed by atoms with van der Waals surface area (Å²) in [4.78, 5) is 16.2. The van der Waals surface area contributed by atoms with Crippen LogP contribution in [-0.4, -0.2) is 11.9 Å². The molecule has 0 spiro atoms. The van der Waals surface area contributed by atoms with Gasteiger partial charge in [-0.1, -0.05) is 41.9 Å². The van der Waals surface area contributed by atoms with Crippen LogP contribution in [0, 0.1) is 3.57 Å². The summed E-state index contributed by atoms with van der Waals surface area (Å²) in [6.45, 7) is 0. The molecule has 104 valence electrons. The van der Waals surface area contributed by atoms with Crippen molar-refractivity contribution in [2.45, 2.75) is 0 Å². The van der Waals surface area contributed by atoms with Crippen LogP contribution in [-0.2, 0) is 9.53 Å². The smallest absolute Gasteiger partial charge is 0.363 e. The molecule has 5 heteroatoms. The minimum atomic E-state index is -0.468. The fraction of sp³-hybridized carbons (Fsp3) is 0. The molecule has 2 aromatic rings. The molecule has 0 bridgehead atoms. The van der Waals surface area contributed by atoms with Crippen molar-refractivity contribution in [2.75, 3.05) is 0 Å². The first-order chi connectivity index (χ1) is 10.1. The minimum Gasteiger partial charge on any atom is -0.402 e. The average Bonchev–Trinajstić information content (AvgIpc) is 2.83. The number of cyclic esters (lactones) is 1. The molecular formula is C16H9ClINO2. The molecule has 0 atom stereocenters. The Hall–Kier alpha value is -1.66. The quantitative estimate of drug-likeness (QED) is 0.422. The van der Waals surface area contributed by atoms with E-state index in [0.717, 1.165) is 9.13 Å². The van der Waals surface area contributed by atoms with E-state index in [2.05, 4.69) is 27.6 Å². The highest BCUT2D eigenvalue weighted by Gasteiger charge is 2.25. The zero-order valence-electron chi connectivity index (χ0n) is 10.7. The van der Waals surface area contributed by atoms with E-state index in [9.17, 15) is 4.79 Å². The number of hydrogen-bond donors (Lipinski definition) is 0. The van der Waals surface area contributed by atoms with Gasteiger partial charge in [-0.15, -0.1) is 0 Å². The molecule has 0 saturated heterocycles. The summed E-state index contributed by atoms with van der Waals surface area (Å²) < 4.78 is 6.25. The largest absolute Gasteiger partial charge is 0.402 e. The molecule has 0 fully saturated rings. The lowest BCUT2D eigenvalue weighted by Gasteiger charge is -2.00. The molecule has 3 nitrogen and oxygen atoms in total. The molecule has 0 amide bonds. The number of carbonyl (C=O) groups is 1. The number of carbonyl (C=O) groups excluding carboxylic acids is 1. The fourth-order valence-corrected chi connectivity index (χ4v) is 2.66. The molecule has 1 aliphatic heterocycles. The summed E-state index contributed by atoms with van der Waals surface area (Å²) in [5.74, 6) is -0.229. The van der Waals surface area contributed by atoms with Crippen LogP contribution < -0.4 is 0 Å². The van der Waals surface area contributed by atoms with E-state index in [4.69, 9.17) is 16.3 Å². The normalized spacial score (nSPS) is 16.0. The number of benzene rings is 2. The van der Waals surface area contributed by atoms with Crippen molar-refractivity contribution in [3.05, 3.63) is 73.9 Å². The van der Waals surface area contributed by atoms with Crippen molar-refractivity contribution < 1.29 is 9.53 Å².